The molecule has 0 radical (unpaired) electrons. The van der Waals surface area contributed by atoms with E-state index in [2.05, 4.69) is 24.8 Å². The lowest BCUT2D eigenvalue weighted by atomic mass is 10.0. The molecular formula is C10H18N2. The summed E-state index contributed by atoms with van der Waals surface area (Å²) in [5.74, 6) is 1.14. The van der Waals surface area contributed by atoms with E-state index in [-0.39, 0.29) is 0 Å². The Morgan fingerprint density at radius 1 is 1.50 bits per heavy atom. The highest BCUT2D eigenvalue weighted by molar-refractivity contribution is 4.94. The molecule has 2 heteroatoms. The van der Waals surface area contributed by atoms with Crippen molar-refractivity contribution in [2.24, 2.45) is 11.8 Å². The lowest BCUT2D eigenvalue weighted by Crippen LogP contribution is -2.46. The minimum absolute atomic E-state index is 0.323. The van der Waals surface area contributed by atoms with E-state index >= 15 is 0 Å². The van der Waals surface area contributed by atoms with E-state index in [4.69, 9.17) is 5.26 Å². The highest BCUT2D eigenvalue weighted by atomic mass is 15.2. The largest absolute Gasteiger partial charge is 0.301 e. The van der Waals surface area contributed by atoms with Crippen molar-refractivity contribution in [3.8, 4) is 6.07 Å². The van der Waals surface area contributed by atoms with Gasteiger partial charge in [-0.25, -0.2) is 0 Å². The van der Waals surface area contributed by atoms with Crippen LogP contribution in [0.1, 0.15) is 26.7 Å². The zero-order valence-corrected chi connectivity index (χ0v) is 8.08. The SMILES string of the molecule is CC(C)CCCN1CC(C#N)C1. The predicted octanol–water partition coefficient (Wildman–Crippen LogP) is 1.88. The molecule has 0 unspecified atom stereocenters. The summed E-state index contributed by atoms with van der Waals surface area (Å²) in [6.45, 7) is 7.72. The van der Waals surface area contributed by atoms with E-state index in [0.717, 1.165) is 19.0 Å². The van der Waals surface area contributed by atoms with Gasteiger partial charge in [-0.3, -0.25) is 0 Å². The van der Waals surface area contributed by atoms with Gasteiger partial charge in [-0.05, 0) is 25.3 Å². The fourth-order valence-electron chi connectivity index (χ4n) is 1.56. The van der Waals surface area contributed by atoms with E-state index in [1.807, 2.05) is 0 Å². The Morgan fingerprint density at radius 3 is 2.67 bits per heavy atom. The van der Waals surface area contributed by atoms with Gasteiger partial charge in [-0.2, -0.15) is 5.26 Å². The molecule has 0 aromatic carbocycles. The van der Waals surface area contributed by atoms with Crippen molar-refractivity contribution in [3.05, 3.63) is 0 Å². The highest BCUT2D eigenvalue weighted by Crippen LogP contribution is 2.15. The first-order valence-corrected chi connectivity index (χ1v) is 4.84. The Kier molecular flexibility index (Phi) is 3.55. The third-order valence-corrected chi connectivity index (χ3v) is 2.40. The van der Waals surface area contributed by atoms with E-state index in [9.17, 15) is 0 Å². The van der Waals surface area contributed by atoms with E-state index in [1.54, 1.807) is 0 Å². The summed E-state index contributed by atoms with van der Waals surface area (Å²) in [5, 5.41) is 8.54. The Hall–Kier alpha value is -0.550. The molecule has 0 atom stereocenters. The summed E-state index contributed by atoms with van der Waals surface area (Å²) in [5.41, 5.74) is 0. The van der Waals surface area contributed by atoms with Crippen LogP contribution in [-0.2, 0) is 0 Å². The summed E-state index contributed by atoms with van der Waals surface area (Å²) >= 11 is 0. The van der Waals surface area contributed by atoms with Gasteiger partial charge in [0.1, 0.15) is 0 Å². The Bertz CT molecular complexity index is 163. The molecule has 68 valence electrons. The molecule has 0 bridgehead atoms. The van der Waals surface area contributed by atoms with Crippen LogP contribution >= 0.6 is 0 Å². The molecule has 0 aromatic rings. The van der Waals surface area contributed by atoms with Gasteiger partial charge < -0.3 is 4.90 Å². The van der Waals surface area contributed by atoms with Crippen LogP contribution in [0.5, 0.6) is 0 Å². The van der Waals surface area contributed by atoms with Crippen LogP contribution in [0.15, 0.2) is 0 Å². The molecule has 12 heavy (non-hydrogen) atoms. The van der Waals surface area contributed by atoms with Gasteiger partial charge >= 0.3 is 0 Å². The molecule has 1 saturated heterocycles. The number of likely N-dealkylation sites (tertiary alicyclic amines) is 1. The molecule has 0 aliphatic carbocycles. The van der Waals surface area contributed by atoms with Crippen LogP contribution in [-0.4, -0.2) is 24.5 Å². The van der Waals surface area contributed by atoms with Crippen molar-refractivity contribution in [2.45, 2.75) is 26.7 Å². The van der Waals surface area contributed by atoms with Gasteiger partial charge in [0, 0.05) is 13.1 Å². The molecule has 1 heterocycles. The van der Waals surface area contributed by atoms with Crippen molar-refractivity contribution in [1.29, 1.82) is 5.26 Å². The van der Waals surface area contributed by atoms with E-state index in [1.165, 1.54) is 19.4 Å². The van der Waals surface area contributed by atoms with Gasteiger partial charge in [0.2, 0.25) is 0 Å². The maximum absolute atomic E-state index is 8.54. The number of rotatable bonds is 4. The smallest absolute Gasteiger partial charge is 0.0717 e. The third kappa shape index (κ3) is 2.83. The second-order valence-corrected chi connectivity index (χ2v) is 4.12. The van der Waals surface area contributed by atoms with Crippen LogP contribution in [0.2, 0.25) is 0 Å². The first kappa shape index (κ1) is 9.54. The van der Waals surface area contributed by atoms with E-state index in [0.29, 0.717) is 5.92 Å². The fourth-order valence-corrected chi connectivity index (χ4v) is 1.56. The van der Waals surface area contributed by atoms with Crippen LogP contribution in [0.25, 0.3) is 0 Å². The van der Waals surface area contributed by atoms with Gasteiger partial charge in [0.25, 0.3) is 0 Å². The summed E-state index contributed by atoms with van der Waals surface area (Å²) in [4.78, 5) is 2.37. The molecule has 1 aliphatic rings. The lowest BCUT2D eigenvalue weighted by Gasteiger charge is -2.35. The van der Waals surface area contributed by atoms with Crippen molar-refractivity contribution < 1.29 is 0 Å². The Morgan fingerprint density at radius 2 is 2.17 bits per heavy atom. The molecule has 2 nitrogen and oxygen atoms in total. The predicted molar refractivity (Wildman–Crippen MR) is 49.6 cm³/mol. The minimum atomic E-state index is 0.323. The maximum Gasteiger partial charge on any atom is 0.0717 e. The molecule has 0 aromatic heterocycles. The third-order valence-electron chi connectivity index (χ3n) is 2.40. The molecule has 0 saturated carbocycles. The summed E-state index contributed by atoms with van der Waals surface area (Å²) in [7, 11) is 0. The molecular weight excluding hydrogens is 148 g/mol. The van der Waals surface area contributed by atoms with Crippen LogP contribution in [0.4, 0.5) is 0 Å². The molecule has 1 aliphatic heterocycles. The fraction of sp³-hybridized carbons (Fsp3) is 0.900. The molecule has 1 rings (SSSR count). The van der Waals surface area contributed by atoms with Crippen LogP contribution < -0.4 is 0 Å². The summed E-state index contributed by atoms with van der Waals surface area (Å²) < 4.78 is 0. The second kappa shape index (κ2) is 4.47. The minimum Gasteiger partial charge on any atom is -0.301 e. The number of hydrogen-bond donors (Lipinski definition) is 0. The Labute approximate surface area is 75.2 Å². The Balaban J connectivity index is 1.94. The summed E-state index contributed by atoms with van der Waals surface area (Å²) in [6.07, 6.45) is 2.60. The maximum atomic E-state index is 8.54. The van der Waals surface area contributed by atoms with Crippen LogP contribution in [0.3, 0.4) is 0 Å². The quantitative estimate of drug-likeness (QED) is 0.637. The molecule has 0 amide bonds. The highest BCUT2D eigenvalue weighted by Gasteiger charge is 2.25. The zero-order chi connectivity index (χ0) is 8.97. The first-order chi connectivity index (χ1) is 5.72. The van der Waals surface area contributed by atoms with Crippen LogP contribution in [0, 0.1) is 23.2 Å². The van der Waals surface area contributed by atoms with Gasteiger partial charge in [0.05, 0.1) is 12.0 Å². The standard InChI is InChI=1S/C10H18N2/c1-9(2)4-3-5-12-7-10(6-11)8-12/h9-10H,3-5,7-8H2,1-2H3. The average molecular weight is 166 g/mol. The zero-order valence-electron chi connectivity index (χ0n) is 8.08. The van der Waals surface area contributed by atoms with Gasteiger partial charge in [-0.1, -0.05) is 13.8 Å². The topological polar surface area (TPSA) is 27.0 Å². The van der Waals surface area contributed by atoms with Crippen molar-refractivity contribution in [1.82, 2.24) is 4.90 Å². The number of hydrogen-bond acceptors (Lipinski definition) is 2. The van der Waals surface area contributed by atoms with Crippen molar-refractivity contribution >= 4 is 0 Å². The molecule has 0 N–H and O–H groups in total. The normalized spacial score (nSPS) is 19.2. The first-order valence-electron chi connectivity index (χ1n) is 4.84. The summed E-state index contributed by atoms with van der Waals surface area (Å²) in [6, 6.07) is 2.29. The van der Waals surface area contributed by atoms with Gasteiger partial charge in [0.15, 0.2) is 0 Å². The second-order valence-electron chi connectivity index (χ2n) is 4.12. The van der Waals surface area contributed by atoms with Gasteiger partial charge in [-0.15, -0.1) is 0 Å². The molecule has 0 spiro atoms. The average Bonchev–Trinajstić information content (AvgIpc) is 1.93. The number of nitrogens with zero attached hydrogens (tertiary/aromatic N) is 2. The van der Waals surface area contributed by atoms with Crippen molar-refractivity contribution in [3.63, 3.8) is 0 Å². The molecule has 1 fully saturated rings. The van der Waals surface area contributed by atoms with Crippen molar-refractivity contribution in [2.75, 3.05) is 19.6 Å². The lowest BCUT2D eigenvalue weighted by molar-refractivity contribution is 0.131. The number of nitriles is 1. The van der Waals surface area contributed by atoms with E-state index < -0.39 is 0 Å². The monoisotopic (exact) mass is 166 g/mol.